The van der Waals surface area contributed by atoms with Crippen LogP contribution in [0.5, 0.6) is 17.2 Å². The van der Waals surface area contributed by atoms with Gasteiger partial charge in [-0.15, -0.1) is 0 Å². The molecule has 29 heavy (non-hydrogen) atoms. The third kappa shape index (κ3) is 4.51. The van der Waals surface area contributed by atoms with Crippen molar-refractivity contribution in [1.29, 1.82) is 0 Å². The highest BCUT2D eigenvalue weighted by Gasteiger charge is 2.19. The van der Waals surface area contributed by atoms with Crippen molar-refractivity contribution in [2.24, 2.45) is 7.05 Å². The van der Waals surface area contributed by atoms with Gasteiger partial charge in [-0.3, -0.25) is 9.48 Å². The van der Waals surface area contributed by atoms with Crippen LogP contribution < -0.4 is 19.5 Å². The highest BCUT2D eigenvalue weighted by molar-refractivity contribution is 5.99. The number of rotatable bonds is 6. The SMILES string of the molecule is Cn1cc(C(=O)NCCOc2ccccc2)c(-c2ccc3c(c2)OCCCO3)n1. The zero-order chi connectivity index (χ0) is 20.1. The van der Waals surface area contributed by atoms with Crippen molar-refractivity contribution in [2.75, 3.05) is 26.4 Å². The predicted molar refractivity (Wildman–Crippen MR) is 109 cm³/mol. The number of fused-ring (bicyclic) bond motifs is 1. The summed E-state index contributed by atoms with van der Waals surface area (Å²) < 4.78 is 18.7. The molecule has 0 unspecified atom stereocenters. The number of amides is 1. The first-order valence-corrected chi connectivity index (χ1v) is 9.60. The van der Waals surface area contributed by atoms with Gasteiger partial charge in [-0.05, 0) is 30.3 Å². The second kappa shape index (κ2) is 8.68. The maximum Gasteiger partial charge on any atom is 0.255 e. The zero-order valence-corrected chi connectivity index (χ0v) is 16.3. The Labute approximate surface area is 169 Å². The second-order valence-corrected chi connectivity index (χ2v) is 6.69. The van der Waals surface area contributed by atoms with Crippen LogP contribution in [0, 0.1) is 0 Å². The van der Waals surface area contributed by atoms with Crippen LogP contribution in [-0.4, -0.2) is 42.1 Å². The molecule has 1 amide bonds. The molecule has 2 aromatic carbocycles. The van der Waals surface area contributed by atoms with E-state index in [9.17, 15) is 4.79 Å². The van der Waals surface area contributed by atoms with Crippen molar-refractivity contribution in [3.63, 3.8) is 0 Å². The van der Waals surface area contributed by atoms with E-state index in [0.717, 1.165) is 17.7 Å². The summed E-state index contributed by atoms with van der Waals surface area (Å²) in [5.74, 6) is 1.97. The number of ether oxygens (including phenoxy) is 3. The summed E-state index contributed by atoms with van der Waals surface area (Å²) in [6.07, 6.45) is 2.55. The van der Waals surface area contributed by atoms with Gasteiger partial charge in [0.1, 0.15) is 18.1 Å². The van der Waals surface area contributed by atoms with Crippen molar-refractivity contribution >= 4 is 5.91 Å². The summed E-state index contributed by atoms with van der Waals surface area (Å²) in [5.41, 5.74) is 1.91. The fourth-order valence-electron chi connectivity index (χ4n) is 3.12. The van der Waals surface area contributed by atoms with E-state index in [1.807, 2.05) is 48.5 Å². The molecule has 0 fully saturated rings. The molecule has 0 bridgehead atoms. The Morgan fingerprint density at radius 3 is 2.76 bits per heavy atom. The van der Waals surface area contributed by atoms with Gasteiger partial charge in [0, 0.05) is 25.2 Å². The molecule has 0 saturated carbocycles. The topological polar surface area (TPSA) is 74.6 Å². The summed E-state index contributed by atoms with van der Waals surface area (Å²) in [6, 6.07) is 15.1. The number of nitrogens with zero attached hydrogens (tertiary/aromatic N) is 2. The molecular weight excluding hydrogens is 370 g/mol. The summed E-state index contributed by atoms with van der Waals surface area (Å²) in [7, 11) is 1.79. The number of hydrogen-bond donors (Lipinski definition) is 1. The van der Waals surface area contributed by atoms with Gasteiger partial charge in [0.2, 0.25) is 0 Å². The van der Waals surface area contributed by atoms with Crippen LogP contribution in [0.15, 0.2) is 54.7 Å². The largest absolute Gasteiger partial charge is 0.492 e. The summed E-state index contributed by atoms with van der Waals surface area (Å²) in [5, 5.41) is 7.37. The lowest BCUT2D eigenvalue weighted by Gasteiger charge is -2.10. The highest BCUT2D eigenvalue weighted by atomic mass is 16.5. The number of carbonyl (C=O) groups is 1. The van der Waals surface area contributed by atoms with Gasteiger partial charge in [0.05, 0.1) is 25.3 Å². The fourth-order valence-corrected chi connectivity index (χ4v) is 3.12. The summed E-state index contributed by atoms with van der Waals surface area (Å²) >= 11 is 0. The molecule has 1 aliphatic rings. The Kier molecular flexibility index (Phi) is 5.65. The van der Waals surface area contributed by atoms with Crippen molar-refractivity contribution < 1.29 is 19.0 Å². The Balaban J connectivity index is 1.45. The molecule has 0 saturated heterocycles. The van der Waals surface area contributed by atoms with Crippen LogP contribution in [0.25, 0.3) is 11.3 Å². The molecule has 1 N–H and O–H groups in total. The van der Waals surface area contributed by atoms with E-state index in [4.69, 9.17) is 14.2 Å². The fraction of sp³-hybridized carbons (Fsp3) is 0.273. The number of benzene rings is 2. The molecule has 1 aromatic heterocycles. The van der Waals surface area contributed by atoms with E-state index in [-0.39, 0.29) is 5.91 Å². The first-order chi connectivity index (χ1) is 14.2. The van der Waals surface area contributed by atoms with E-state index in [1.165, 1.54) is 0 Å². The average molecular weight is 393 g/mol. The number of carbonyl (C=O) groups excluding carboxylic acids is 1. The van der Waals surface area contributed by atoms with Crippen molar-refractivity contribution in [3.8, 4) is 28.5 Å². The summed E-state index contributed by atoms with van der Waals surface area (Å²) in [4.78, 5) is 12.7. The minimum atomic E-state index is -0.197. The van der Waals surface area contributed by atoms with Crippen LogP contribution in [0.1, 0.15) is 16.8 Å². The number of aromatic nitrogens is 2. The van der Waals surface area contributed by atoms with Gasteiger partial charge in [-0.1, -0.05) is 18.2 Å². The number of para-hydroxylation sites is 1. The van der Waals surface area contributed by atoms with Crippen molar-refractivity contribution in [3.05, 3.63) is 60.3 Å². The van der Waals surface area contributed by atoms with Gasteiger partial charge < -0.3 is 19.5 Å². The number of aryl methyl sites for hydroxylation is 1. The molecule has 0 aliphatic carbocycles. The number of nitrogens with one attached hydrogen (secondary N) is 1. The van der Waals surface area contributed by atoms with E-state index < -0.39 is 0 Å². The van der Waals surface area contributed by atoms with Crippen LogP contribution >= 0.6 is 0 Å². The normalized spacial score (nSPS) is 12.9. The average Bonchev–Trinajstić information content (AvgIpc) is 2.98. The molecule has 7 heteroatoms. The molecule has 0 spiro atoms. The minimum Gasteiger partial charge on any atom is -0.492 e. The Bertz CT molecular complexity index is 985. The van der Waals surface area contributed by atoms with Gasteiger partial charge in [0.15, 0.2) is 11.5 Å². The maximum absolute atomic E-state index is 12.7. The van der Waals surface area contributed by atoms with Gasteiger partial charge in [-0.2, -0.15) is 5.10 Å². The van der Waals surface area contributed by atoms with E-state index in [1.54, 1.807) is 17.9 Å². The van der Waals surface area contributed by atoms with E-state index in [2.05, 4.69) is 10.4 Å². The second-order valence-electron chi connectivity index (χ2n) is 6.69. The monoisotopic (exact) mass is 393 g/mol. The standard InChI is InChI=1S/C22H23N3O4/c1-25-15-18(22(26)23-10-13-27-17-6-3-2-4-7-17)21(24-25)16-8-9-19-20(14-16)29-12-5-11-28-19/h2-4,6-9,14-15H,5,10-13H2,1H3,(H,23,26). The van der Waals surface area contributed by atoms with E-state index in [0.29, 0.717) is 49.1 Å². The van der Waals surface area contributed by atoms with Crippen molar-refractivity contribution in [1.82, 2.24) is 15.1 Å². The van der Waals surface area contributed by atoms with E-state index >= 15 is 0 Å². The quantitative estimate of drug-likeness (QED) is 0.652. The molecule has 2 heterocycles. The minimum absolute atomic E-state index is 0.197. The Morgan fingerprint density at radius 2 is 1.93 bits per heavy atom. The first-order valence-electron chi connectivity index (χ1n) is 9.60. The molecule has 150 valence electrons. The summed E-state index contributed by atoms with van der Waals surface area (Å²) in [6.45, 7) is 2.01. The van der Waals surface area contributed by atoms with Crippen molar-refractivity contribution in [2.45, 2.75) is 6.42 Å². The number of hydrogen-bond acceptors (Lipinski definition) is 5. The first kappa shape index (κ1) is 18.9. The zero-order valence-electron chi connectivity index (χ0n) is 16.3. The molecular formula is C22H23N3O4. The highest BCUT2D eigenvalue weighted by Crippen LogP contribution is 2.34. The Hall–Kier alpha value is -3.48. The Morgan fingerprint density at radius 1 is 1.14 bits per heavy atom. The van der Waals surface area contributed by atoms with Crippen LogP contribution in [-0.2, 0) is 7.05 Å². The molecule has 3 aromatic rings. The van der Waals surface area contributed by atoms with Gasteiger partial charge in [0.25, 0.3) is 5.91 Å². The molecule has 4 rings (SSSR count). The van der Waals surface area contributed by atoms with Crippen LogP contribution in [0.4, 0.5) is 0 Å². The lowest BCUT2D eigenvalue weighted by Crippen LogP contribution is -2.28. The van der Waals surface area contributed by atoms with Gasteiger partial charge >= 0.3 is 0 Å². The van der Waals surface area contributed by atoms with Crippen LogP contribution in [0.2, 0.25) is 0 Å². The smallest absolute Gasteiger partial charge is 0.255 e. The molecule has 0 atom stereocenters. The lowest BCUT2D eigenvalue weighted by atomic mass is 10.1. The maximum atomic E-state index is 12.7. The molecule has 7 nitrogen and oxygen atoms in total. The third-order valence-electron chi connectivity index (χ3n) is 4.49. The third-order valence-corrected chi connectivity index (χ3v) is 4.49. The predicted octanol–water partition coefficient (Wildman–Crippen LogP) is 3.06. The molecule has 1 aliphatic heterocycles. The molecule has 0 radical (unpaired) electrons. The van der Waals surface area contributed by atoms with Crippen LogP contribution in [0.3, 0.4) is 0 Å². The van der Waals surface area contributed by atoms with Gasteiger partial charge in [-0.25, -0.2) is 0 Å². The lowest BCUT2D eigenvalue weighted by molar-refractivity contribution is 0.0947.